The van der Waals surface area contributed by atoms with E-state index >= 15 is 0 Å². The van der Waals surface area contributed by atoms with Crippen molar-refractivity contribution in [2.45, 2.75) is 20.8 Å². The van der Waals surface area contributed by atoms with Crippen LogP contribution in [0.25, 0.3) is 5.70 Å². The van der Waals surface area contributed by atoms with E-state index in [0.717, 1.165) is 11.1 Å². The standard InChI is InChI=1S/C18H19NO4/c1-11-8-12(2)10-14(9-11)17(20)15-6-5-7-19(15)16(18(21)22)13(3)23-4/h5-10H,1-4H3,(H,21,22). The van der Waals surface area contributed by atoms with Gasteiger partial charge in [0.15, 0.2) is 5.70 Å². The number of aromatic nitrogens is 1. The number of carboxylic acid groups (broad SMARTS) is 1. The minimum absolute atomic E-state index is 0.0785. The lowest BCUT2D eigenvalue weighted by Crippen LogP contribution is -2.16. The Bertz CT molecular complexity index is 779. The van der Waals surface area contributed by atoms with Gasteiger partial charge < -0.3 is 14.4 Å². The average Bonchev–Trinajstić information content (AvgIpc) is 2.94. The molecule has 1 N–H and O–H groups in total. The molecule has 5 heteroatoms. The fraction of sp³-hybridized carbons (Fsp3) is 0.222. The van der Waals surface area contributed by atoms with E-state index in [9.17, 15) is 14.7 Å². The van der Waals surface area contributed by atoms with Crippen LogP contribution in [0.5, 0.6) is 0 Å². The van der Waals surface area contributed by atoms with Gasteiger partial charge in [-0.3, -0.25) is 4.79 Å². The van der Waals surface area contributed by atoms with Crippen LogP contribution in [0.1, 0.15) is 34.1 Å². The van der Waals surface area contributed by atoms with E-state index in [1.807, 2.05) is 19.9 Å². The first-order valence-electron chi connectivity index (χ1n) is 7.14. The number of nitrogens with zero attached hydrogens (tertiary/aromatic N) is 1. The summed E-state index contributed by atoms with van der Waals surface area (Å²) in [5.74, 6) is -1.16. The summed E-state index contributed by atoms with van der Waals surface area (Å²) in [6.45, 7) is 5.38. The molecule has 0 atom stereocenters. The summed E-state index contributed by atoms with van der Waals surface area (Å²) in [5.41, 5.74) is 2.69. The monoisotopic (exact) mass is 313 g/mol. The van der Waals surface area contributed by atoms with Crippen molar-refractivity contribution < 1.29 is 19.4 Å². The number of hydrogen-bond donors (Lipinski definition) is 1. The lowest BCUT2D eigenvalue weighted by atomic mass is 10.0. The molecule has 120 valence electrons. The maximum Gasteiger partial charge on any atom is 0.356 e. The Hall–Kier alpha value is -2.82. The number of hydrogen-bond acceptors (Lipinski definition) is 3. The third-order valence-electron chi connectivity index (χ3n) is 3.55. The van der Waals surface area contributed by atoms with E-state index in [-0.39, 0.29) is 22.9 Å². The van der Waals surface area contributed by atoms with E-state index in [2.05, 4.69) is 0 Å². The van der Waals surface area contributed by atoms with Crippen molar-refractivity contribution in [3.05, 3.63) is 64.7 Å². The average molecular weight is 313 g/mol. The van der Waals surface area contributed by atoms with Crippen LogP contribution in [0.4, 0.5) is 0 Å². The zero-order valence-corrected chi connectivity index (χ0v) is 13.6. The van der Waals surface area contributed by atoms with Crippen molar-refractivity contribution in [2.75, 3.05) is 7.11 Å². The summed E-state index contributed by atoms with van der Waals surface area (Å²) in [4.78, 5) is 24.3. The quantitative estimate of drug-likeness (QED) is 0.522. The smallest absolute Gasteiger partial charge is 0.356 e. The molecule has 0 saturated heterocycles. The first-order chi connectivity index (χ1) is 10.8. The fourth-order valence-electron chi connectivity index (χ4n) is 2.53. The Labute approximate surface area is 134 Å². The van der Waals surface area contributed by atoms with Crippen LogP contribution < -0.4 is 0 Å². The molecule has 1 aromatic heterocycles. The lowest BCUT2D eigenvalue weighted by molar-refractivity contribution is -0.130. The topological polar surface area (TPSA) is 68.5 Å². The Morgan fingerprint density at radius 1 is 1.13 bits per heavy atom. The number of carboxylic acids is 1. The lowest BCUT2D eigenvalue weighted by Gasteiger charge is -2.12. The van der Waals surface area contributed by atoms with Crippen LogP contribution in [-0.2, 0) is 9.53 Å². The highest BCUT2D eigenvalue weighted by Gasteiger charge is 2.21. The van der Waals surface area contributed by atoms with Crippen LogP contribution in [0, 0.1) is 13.8 Å². The molecule has 23 heavy (non-hydrogen) atoms. The highest BCUT2D eigenvalue weighted by molar-refractivity contribution is 6.14. The number of benzene rings is 1. The van der Waals surface area contributed by atoms with Crippen LogP contribution in [0.2, 0.25) is 0 Å². The van der Waals surface area contributed by atoms with Crippen LogP contribution >= 0.6 is 0 Å². The molecule has 0 aliphatic carbocycles. The first-order valence-corrected chi connectivity index (χ1v) is 7.14. The zero-order chi connectivity index (χ0) is 17.1. The summed E-state index contributed by atoms with van der Waals surface area (Å²) in [5, 5.41) is 9.44. The van der Waals surface area contributed by atoms with E-state index in [4.69, 9.17) is 4.74 Å². The van der Waals surface area contributed by atoms with Crippen LogP contribution in [0.15, 0.2) is 42.3 Å². The van der Waals surface area contributed by atoms with Gasteiger partial charge in [-0.2, -0.15) is 0 Å². The molecule has 0 unspecified atom stereocenters. The Kier molecular flexibility index (Phi) is 4.69. The van der Waals surface area contributed by atoms with E-state index in [1.165, 1.54) is 11.7 Å². The largest absolute Gasteiger partial charge is 0.499 e. The predicted octanol–water partition coefficient (Wildman–Crippen LogP) is 3.26. The number of carbonyl (C=O) groups is 2. The van der Waals surface area contributed by atoms with Gasteiger partial charge in [-0.15, -0.1) is 0 Å². The summed E-state index contributed by atoms with van der Waals surface area (Å²) in [6, 6.07) is 8.81. The number of carbonyl (C=O) groups excluding carboxylic acids is 1. The van der Waals surface area contributed by atoms with Crippen molar-refractivity contribution in [1.82, 2.24) is 4.57 Å². The normalized spacial score (nSPS) is 11.8. The molecule has 0 aliphatic rings. The number of aryl methyl sites for hydroxylation is 2. The van der Waals surface area contributed by atoms with E-state index < -0.39 is 5.97 Å². The van der Waals surface area contributed by atoms with Gasteiger partial charge in [-0.05, 0) is 45.0 Å². The van der Waals surface area contributed by atoms with E-state index in [1.54, 1.807) is 37.4 Å². The molecule has 2 rings (SSSR count). The predicted molar refractivity (Wildman–Crippen MR) is 87.3 cm³/mol. The van der Waals surface area contributed by atoms with Crippen LogP contribution in [-0.4, -0.2) is 28.5 Å². The van der Waals surface area contributed by atoms with E-state index in [0.29, 0.717) is 5.56 Å². The molecule has 0 amide bonds. The number of rotatable bonds is 5. The Morgan fingerprint density at radius 2 is 1.74 bits per heavy atom. The highest BCUT2D eigenvalue weighted by atomic mass is 16.5. The third-order valence-corrected chi connectivity index (χ3v) is 3.55. The van der Waals surface area contributed by atoms with Gasteiger partial charge in [0.1, 0.15) is 5.76 Å². The highest BCUT2D eigenvalue weighted by Crippen LogP contribution is 2.20. The number of ketones is 1. The molecule has 0 radical (unpaired) electrons. The third kappa shape index (κ3) is 3.34. The summed E-state index contributed by atoms with van der Waals surface area (Å²) in [7, 11) is 1.40. The Balaban J connectivity index is 2.57. The number of methoxy groups -OCH3 is 1. The molecule has 0 aliphatic heterocycles. The molecule has 5 nitrogen and oxygen atoms in total. The summed E-state index contributed by atoms with van der Waals surface area (Å²) in [6.07, 6.45) is 1.54. The molecule has 0 spiro atoms. The molecule has 0 saturated carbocycles. The first kappa shape index (κ1) is 16.5. The SMILES string of the molecule is COC(C)=C(C(=O)O)n1cccc1C(=O)c1cc(C)cc(C)c1. The second kappa shape index (κ2) is 6.52. The zero-order valence-electron chi connectivity index (χ0n) is 13.6. The molecule has 1 aromatic carbocycles. The Morgan fingerprint density at radius 3 is 2.26 bits per heavy atom. The van der Waals surface area contributed by atoms with Gasteiger partial charge in [0.05, 0.1) is 12.8 Å². The van der Waals surface area contributed by atoms with Gasteiger partial charge in [0, 0.05) is 11.8 Å². The second-order valence-electron chi connectivity index (χ2n) is 5.38. The molecular weight excluding hydrogens is 294 g/mol. The molecule has 2 aromatic rings. The number of allylic oxidation sites excluding steroid dienone is 1. The molecular formula is C18H19NO4. The van der Waals surface area contributed by atoms with Gasteiger partial charge in [-0.25, -0.2) is 4.79 Å². The van der Waals surface area contributed by atoms with Crippen molar-refractivity contribution >= 4 is 17.4 Å². The van der Waals surface area contributed by atoms with Crippen molar-refractivity contribution in [3.8, 4) is 0 Å². The molecule has 1 heterocycles. The second-order valence-corrected chi connectivity index (χ2v) is 5.38. The van der Waals surface area contributed by atoms with Crippen molar-refractivity contribution in [3.63, 3.8) is 0 Å². The molecule has 0 bridgehead atoms. The van der Waals surface area contributed by atoms with Crippen LogP contribution in [0.3, 0.4) is 0 Å². The fourth-order valence-corrected chi connectivity index (χ4v) is 2.53. The van der Waals surface area contributed by atoms with Gasteiger partial charge >= 0.3 is 5.97 Å². The van der Waals surface area contributed by atoms with Gasteiger partial charge in [-0.1, -0.05) is 17.2 Å². The van der Waals surface area contributed by atoms with Crippen molar-refractivity contribution in [1.29, 1.82) is 0 Å². The van der Waals surface area contributed by atoms with Crippen molar-refractivity contribution in [2.24, 2.45) is 0 Å². The van der Waals surface area contributed by atoms with Gasteiger partial charge in [0.25, 0.3) is 0 Å². The maximum absolute atomic E-state index is 12.8. The minimum Gasteiger partial charge on any atom is -0.499 e. The molecule has 0 fully saturated rings. The minimum atomic E-state index is -1.16. The summed E-state index contributed by atoms with van der Waals surface area (Å²) >= 11 is 0. The number of aliphatic carboxylic acids is 1. The maximum atomic E-state index is 12.8. The number of ether oxygens (including phenoxy) is 1. The summed E-state index contributed by atoms with van der Waals surface area (Å²) < 4.78 is 6.39. The van der Waals surface area contributed by atoms with Gasteiger partial charge in [0.2, 0.25) is 5.78 Å².